The van der Waals surface area contributed by atoms with E-state index < -0.39 is 17.7 Å². The van der Waals surface area contributed by atoms with Gasteiger partial charge >= 0.3 is 12.1 Å². The number of carbonyl (C=O) groups is 3. The lowest BCUT2D eigenvalue weighted by Gasteiger charge is -2.19. The summed E-state index contributed by atoms with van der Waals surface area (Å²) in [6.07, 6.45) is 3.88. The average molecular weight is 478 g/mol. The van der Waals surface area contributed by atoms with Gasteiger partial charge in [0, 0.05) is 26.0 Å². The highest BCUT2D eigenvalue weighted by Crippen LogP contribution is 2.07. The first-order valence-electron chi connectivity index (χ1n) is 11.7. The van der Waals surface area contributed by atoms with Crippen LogP contribution in [0.1, 0.15) is 65.7 Å². The van der Waals surface area contributed by atoms with Crippen molar-refractivity contribution >= 4 is 17.8 Å². The van der Waals surface area contributed by atoms with Crippen LogP contribution in [0, 0.1) is 0 Å². The Morgan fingerprint density at radius 1 is 0.667 bits per heavy atom. The number of amides is 1. The predicted octanol–water partition coefficient (Wildman–Crippen LogP) is 2.96. The molecule has 0 unspecified atom stereocenters. The molecule has 0 fully saturated rings. The average Bonchev–Trinajstić information content (AvgIpc) is 2.71. The molecule has 194 valence electrons. The van der Waals surface area contributed by atoms with Crippen molar-refractivity contribution in [1.29, 1.82) is 0 Å². The van der Waals surface area contributed by atoms with E-state index in [9.17, 15) is 14.4 Å². The molecule has 0 bridgehead atoms. The number of Topliss-reactive ketones (excluding diaryl/α,β-unsaturated/α-hetero) is 1. The van der Waals surface area contributed by atoms with Crippen LogP contribution in [0.2, 0.25) is 0 Å². The van der Waals surface area contributed by atoms with Gasteiger partial charge < -0.3 is 34.1 Å². The van der Waals surface area contributed by atoms with E-state index in [0.29, 0.717) is 72.1 Å². The maximum absolute atomic E-state index is 11.9. The van der Waals surface area contributed by atoms with Crippen LogP contribution < -0.4 is 5.32 Å². The molecule has 0 atom stereocenters. The topological polar surface area (TPSA) is 130 Å². The highest BCUT2D eigenvalue weighted by atomic mass is 16.6. The zero-order chi connectivity index (χ0) is 24.8. The van der Waals surface area contributed by atoms with Crippen LogP contribution >= 0.6 is 0 Å². The number of nitrogens with one attached hydrogen (secondary N) is 1. The molecule has 0 aliphatic heterocycles. The van der Waals surface area contributed by atoms with Gasteiger partial charge in [-0.3, -0.25) is 9.59 Å². The maximum atomic E-state index is 11.9. The summed E-state index contributed by atoms with van der Waals surface area (Å²) in [4.78, 5) is 33.7. The Kier molecular flexibility index (Phi) is 19.7. The molecular formula is C23H43NO9. The van der Waals surface area contributed by atoms with E-state index in [1.807, 2.05) is 20.8 Å². The van der Waals surface area contributed by atoms with Crippen LogP contribution in [0.3, 0.4) is 0 Å². The molecule has 10 heteroatoms. The first-order chi connectivity index (χ1) is 15.7. The molecule has 33 heavy (non-hydrogen) atoms. The molecule has 1 amide bonds. The summed E-state index contributed by atoms with van der Waals surface area (Å²) >= 11 is 0. The van der Waals surface area contributed by atoms with Gasteiger partial charge in [0.15, 0.2) is 0 Å². The van der Waals surface area contributed by atoms with Crippen LogP contribution in [0.4, 0.5) is 4.79 Å². The van der Waals surface area contributed by atoms with Crippen molar-refractivity contribution in [1.82, 2.24) is 5.32 Å². The van der Waals surface area contributed by atoms with E-state index >= 15 is 0 Å². The van der Waals surface area contributed by atoms with E-state index in [4.69, 9.17) is 28.8 Å². The molecule has 0 rings (SSSR count). The molecule has 0 heterocycles. The Balaban J connectivity index is 3.27. The lowest BCUT2D eigenvalue weighted by Crippen LogP contribution is -2.32. The number of ether oxygens (including phenoxy) is 5. The van der Waals surface area contributed by atoms with Gasteiger partial charge in [0.25, 0.3) is 0 Å². The second-order valence-electron chi connectivity index (χ2n) is 8.47. The van der Waals surface area contributed by atoms with Gasteiger partial charge in [-0.1, -0.05) is 6.42 Å². The first kappa shape index (κ1) is 31.2. The summed E-state index contributed by atoms with van der Waals surface area (Å²) in [5.74, 6) is -0.643. The lowest BCUT2D eigenvalue weighted by molar-refractivity contribution is -0.138. The molecule has 10 nitrogen and oxygen atoms in total. The summed E-state index contributed by atoms with van der Waals surface area (Å²) in [6, 6.07) is 0. The Morgan fingerprint density at radius 3 is 1.73 bits per heavy atom. The summed E-state index contributed by atoms with van der Waals surface area (Å²) in [6.45, 7) is 9.31. The standard InChI is InChI=1S/C23H43NO9/c1-23(2,3)33-22(28)24-11-6-4-5-8-20(25)9-7-12-29-14-16-31-18-19-32-17-15-30-13-10-21(26)27/h4-19H2,1-3H3,(H,24,28)(H,26,27). The van der Waals surface area contributed by atoms with Crippen molar-refractivity contribution in [3.8, 4) is 0 Å². The quantitative estimate of drug-likeness (QED) is 0.226. The predicted molar refractivity (Wildman–Crippen MR) is 122 cm³/mol. The lowest BCUT2D eigenvalue weighted by atomic mass is 10.1. The number of ketones is 1. The van der Waals surface area contributed by atoms with Crippen molar-refractivity contribution in [2.75, 3.05) is 59.4 Å². The first-order valence-corrected chi connectivity index (χ1v) is 11.7. The van der Waals surface area contributed by atoms with Crippen molar-refractivity contribution in [2.45, 2.75) is 71.3 Å². The van der Waals surface area contributed by atoms with E-state index in [1.54, 1.807) is 0 Å². The minimum atomic E-state index is -0.878. The highest BCUT2D eigenvalue weighted by Gasteiger charge is 2.15. The largest absolute Gasteiger partial charge is 0.481 e. The van der Waals surface area contributed by atoms with Gasteiger partial charge in [-0.15, -0.1) is 0 Å². The molecular weight excluding hydrogens is 434 g/mol. The summed E-state index contributed by atoms with van der Waals surface area (Å²) in [7, 11) is 0. The zero-order valence-corrected chi connectivity index (χ0v) is 20.5. The Morgan fingerprint density at radius 2 is 1.18 bits per heavy atom. The minimum Gasteiger partial charge on any atom is -0.481 e. The normalized spacial score (nSPS) is 11.4. The molecule has 0 aromatic carbocycles. The fraction of sp³-hybridized carbons (Fsp3) is 0.870. The van der Waals surface area contributed by atoms with Gasteiger partial charge in [-0.2, -0.15) is 0 Å². The minimum absolute atomic E-state index is 0.00604. The third-order valence-corrected chi connectivity index (χ3v) is 4.12. The number of hydrogen-bond acceptors (Lipinski definition) is 8. The monoisotopic (exact) mass is 477 g/mol. The number of carbonyl (C=O) groups excluding carboxylic acids is 2. The second-order valence-corrected chi connectivity index (χ2v) is 8.47. The molecule has 0 radical (unpaired) electrons. The molecule has 0 aromatic rings. The molecule has 0 saturated carbocycles. The Hall–Kier alpha value is -1.75. The number of alkyl carbamates (subject to hydrolysis) is 1. The van der Waals surface area contributed by atoms with Crippen LogP contribution in [0.25, 0.3) is 0 Å². The van der Waals surface area contributed by atoms with Gasteiger partial charge in [0.1, 0.15) is 11.4 Å². The van der Waals surface area contributed by atoms with Crippen LogP contribution in [-0.4, -0.2) is 88.0 Å². The highest BCUT2D eigenvalue weighted by molar-refractivity contribution is 5.78. The number of rotatable bonds is 22. The van der Waals surface area contributed by atoms with Crippen molar-refractivity contribution in [2.24, 2.45) is 0 Å². The van der Waals surface area contributed by atoms with Crippen LogP contribution in [0.5, 0.6) is 0 Å². The fourth-order valence-electron chi connectivity index (χ4n) is 2.55. The van der Waals surface area contributed by atoms with E-state index in [1.165, 1.54) is 0 Å². The van der Waals surface area contributed by atoms with E-state index in [-0.39, 0.29) is 18.8 Å². The Bertz CT molecular complexity index is 521. The molecule has 0 aliphatic carbocycles. The third-order valence-electron chi connectivity index (χ3n) is 4.12. The number of carboxylic acid groups (broad SMARTS) is 1. The molecule has 0 saturated heterocycles. The summed E-state index contributed by atoms with van der Waals surface area (Å²) < 4.78 is 26.4. The molecule has 2 N–H and O–H groups in total. The Labute approximate surface area is 197 Å². The number of unbranched alkanes of at least 4 members (excludes halogenated alkanes) is 2. The second kappa shape index (κ2) is 20.8. The molecule has 0 aliphatic rings. The van der Waals surface area contributed by atoms with Crippen LogP contribution in [0.15, 0.2) is 0 Å². The van der Waals surface area contributed by atoms with Gasteiger partial charge in [0.05, 0.1) is 52.7 Å². The number of hydrogen-bond donors (Lipinski definition) is 2. The zero-order valence-electron chi connectivity index (χ0n) is 20.5. The maximum Gasteiger partial charge on any atom is 0.407 e. The van der Waals surface area contributed by atoms with Gasteiger partial charge in [0.2, 0.25) is 0 Å². The van der Waals surface area contributed by atoms with E-state index in [0.717, 1.165) is 19.3 Å². The summed E-state index contributed by atoms with van der Waals surface area (Å²) in [5.41, 5.74) is -0.494. The van der Waals surface area contributed by atoms with E-state index in [2.05, 4.69) is 5.32 Å². The fourth-order valence-corrected chi connectivity index (χ4v) is 2.55. The van der Waals surface area contributed by atoms with Crippen molar-refractivity contribution in [3.05, 3.63) is 0 Å². The number of carboxylic acids is 1. The van der Waals surface area contributed by atoms with Gasteiger partial charge in [-0.05, 0) is 40.0 Å². The van der Waals surface area contributed by atoms with Crippen molar-refractivity contribution in [3.63, 3.8) is 0 Å². The molecule has 0 spiro atoms. The van der Waals surface area contributed by atoms with Crippen LogP contribution in [-0.2, 0) is 33.3 Å². The van der Waals surface area contributed by atoms with Gasteiger partial charge in [-0.25, -0.2) is 4.79 Å². The summed E-state index contributed by atoms with van der Waals surface area (Å²) in [5, 5.41) is 11.2. The smallest absolute Gasteiger partial charge is 0.407 e. The molecule has 0 aromatic heterocycles. The third kappa shape index (κ3) is 26.4. The SMILES string of the molecule is CC(C)(C)OC(=O)NCCCCCC(=O)CCCOCCOCCOCCOCCC(=O)O. The number of aliphatic carboxylic acids is 1. The van der Waals surface area contributed by atoms with Crippen molar-refractivity contribution < 1.29 is 43.2 Å².